The van der Waals surface area contributed by atoms with Crippen LogP contribution >= 0.6 is 0 Å². The van der Waals surface area contributed by atoms with Crippen LogP contribution in [0.1, 0.15) is 31.0 Å². The zero-order valence-corrected chi connectivity index (χ0v) is 11.3. The minimum absolute atomic E-state index is 0.271. The van der Waals surface area contributed by atoms with E-state index in [1.807, 2.05) is 13.0 Å². The van der Waals surface area contributed by atoms with E-state index in [9.17, 15) is 0 Å². The number of methoxy groups -OCH3 is 2. The van der Waals surface area contributed by atoms with Crippen molar-refractivity contribution in [3.05, 3.63) is 23.3 Å². The maximum absolute atomic E-state index is 5.48. The van der Waals surface area contributed by atoms with Crippen molar-refractivity contribution < 1.29 is 9.47 Å². The van der Waals surface area contributed by atoms with Crippen LogP contribution < -0.4 is 14.8 Å². The number of nitrogens with one attached hydrogen (secondary N) is 1. The molecule has 17 heavy (non-hydrogen) atoms. The lowest BCUT2D eigenvalue weighted by atomic mass is 9.73. The van der Waals surface area contributed by atoms with E-state index in [-0.39, 0.29) is 5.41 Å². The Morgan fingerprint density at radius 1 is 1.18 bits per heavy atom. The van der Waals surface area contributed by atoms with Gasteiger partial charge >= 0.3 is 0 Å². The Bertz CT molecular complexity index is 426. The van der Waals surface area contributed by atoms with Gasteiger partial charge in [-0.2, -0.15) is 0 Å². The molecule has 1 fully saturated rings. The molecule has 0 spiro atoms. The first kappa shape index (κ1) is 12.2. The molecular weight excluding hydrogens is 214 g/mol. The Balaban J connectivity index is 2.44. The van der Waals surface area contributed by atoms with Gasteiger partial charge in [-0.3, -0.25) is 0 Å². The molecule has 0 amide bonds. The van der Waals surface area contributed by atoms with Crippen molar-refractivity contribution >= 4 is 0 Å². The third-order valence-electron chi connectivity index (χ3n) is 3.60. The second-order valence-corrected chi connectivity index (χ2v) is 5.37. The number of ether oxygens (including phenoxy) is 2. The van der Waals surface area contributed by atoms with Crippen molar-refractivity contribution in [2.24, 2.45) is 5.41 Å². The van der Waals surface area contributed by atoms with Crippen LogP contribution in [0.3, 0.4) is 0 Å². The summed E-state index contributed by atoms with van der Waals surface area (Å²) in [4.78, 5) is 0. The highest BCUT2D eigenvalue weighted by atomic mass is 16.5. The summed E-state index contributed by atoms with van der Waals surface area (Å²) in [5, 5.41) is 3.46. The molecule has 1 unspecified atom stereocenters. The minimum Gasteiger partial charge on any atom is -0.496 e. The van der Waals surface area contributed by atoms with E-state index in [1.54, 1.807) is 14.2 Å². The SMILES string of the molecule is COc1cc(C2NCC2(C)C)c(OC)cc1C. The molecule has 1 aromatic rings. The van der Waals surface area contributed by atoms with Crippen molar-refractivity contribution in [2.45, 2.75) is 26.8 Å². The Labute approximate surface area is 103 Å². The fourth-order valence-electron chi connectivity index (χ4n) is 2.44. The summed E-state index contributed by atoms with van der Waals surface area (Å²) in [6.45, 7) is 7.60. The minimum atomic E-state index is 0.271. The molecule has 1 N–H and O–H groups in total. The van der Waals surface area contributed by atoms with Crippen LogP contribution in [-0.2, 0) is 0 Å². The van der Waals surface area contributed by atoms with Crippen molar-refractivity contribution in [2.75, 3.05) is 20.8 Å². The third-order valence-corrected chi connectivity index (χ3v) is 3.60. The summed E-state index contributed by atoms with van der Waals surface area (Å²) in [7, 11) is 3.42. The monoisotopic (exact) mass is 235 g/mol. The number of benzene rings is 1. The highest BCUT2D eigenvalue weighted by Gasteiger charge is 2.40. The fraction of sp³-hybridized carbons (Fsp3) is 0.571. The molecule has 1 heterocycles. The standard InChI is InChI=1S/C14H21NO2/c1-9-6-12(17-5)10(7-11(9)16-4)13-14(2,3)8-15-13/h6-7,13,15H,8H2,1-5H3. The Hall–Kier alpha value is -1.22. The lowest BCUT2D eigenvalue weighted by molar-refractivity contribution is 0.125. The van der Waals surface area contributed by atoms with Gasteiger partial charge in [-0.1, -0.05) is 13.8 Å². The van der Waals surface area contributed by atoms with Gasteiger partial charge in [0.2, 0.25) is 0 Å². The van der Waals surface area contributed by atoms with E-state index < -0.39 is 0 Å². The summed E-state index contributed by atoms with van der Waals surface area (Å²) in [5.41, 5.74) is 2.56. The largest absolute Gasteiger partial charge is 0.496 e. The molecule has 0 aliphatic carbocycles. The predicted molar refractivity (Wildman–Crippen MR) is 68.8 cm³/mol. The van der Waals surface area contributed by atoms with Crippen LogP contribution in [0.2, 0.25) is 0 Å². The van der Waals surface area contributed by atoms with Crippen molar-refractivity contribution in [3.63, 3.8) is 0 Å². The first-order chi connectivity index (χ1) is 7.99. The fourth-order valence-corrected chi connectivity index (χ4v) is 2.44. The molecule has 3 heteroatoms. The zero-order valence-electron chi connectivity index (χ0n) is 11.3. The molecule has 1 aliphatic heterocycles. The summed E-state index contributed by atoms with van der Waals surface area (Å²) in [5.74, 6) is 1.86. The zero-order chi connectivity index (χ0) is 12.6. The normalized spacial score (nSPS) is 21.8. The van der Waals surface area contributed by atoms with E-state index in [0.29, 0.717) is 6.04 Å². The van der Waals surface area contributed by atoms with E-state index in [2.05, 4.69) is 25.2 Å². The van der Waals surface area contributed by atoms with E-state index in [4.69, 9.17) is 9.47 Å². The Morgan fingerprint density at radius 3 is 2.24 bits per heavy atom. The first-order valence-electron chi connectivity index (χ1n) is 5.95. The lowest BCUT2D eigenvalue weighted by Gasteiger charge is -2.46. The van der Waals surface area contributed by atoms with Crippen LogP contribution in [0.5, 0.6) is 11.5 Å². The molecule has 0 radical (unpaired) electrons. The highest BCUT2D eigenvalue weighted by Crippen LogP contribution is 2.45. The molecule has 1 aromatic carbocycles. The lowest BCUT2D eigenvalue weighted by Crippen LogP contribution is -2.52. The Morgan fingerprint density at radius 2 is 1.82 bits per heavy atom. The molecule has 0 saturated carbocycles. The van der Waals surface area contributed by atoms with Gasteiger partial charge in [0.25, 0.3) is 0 Å². The highest BCUT2D eigenvalue weighted by molar-refractivity contribution is 5.48. The van der Waals surface area contributed by atoms with E-state index >= 15 is 0 Å². The van der Waals surface area contributed by atoms with Crippen LogP contribution in [0.25, 0.3) is 0 Å². The average molecular weight is 235 g/mol. The molecular formula is C14H21NO2. The molecule has 1 atom stereocenters. The summed E-state index contributed by atoms with van der Waals surface area (Å²) >= 11 is 0. The molecule has 2 rings (SSSR count). The number of rotatable bonds is 3. The smallest absolute Gasteiger partial charge is 0.124 e. The molecule has 3 nitrogen and oxygen atoms in total. The van der Waals surface area contributed by atoms with E-state index in [1.165, 1.54) is 5.56 Å². The van der Waals surface area contributed by atoms with Gasteiger partial charge in [0.05, 0.1) is 14.2 Å². The summed E-state index contributed by atoms with van der Waals surface area (Å²) < 4.78 is 10.9. The average Bonchev–Trinajstić information content (AvgIpc) is 2.29. The van der Waals surface area contributed by atoms with Crippen LogP contribution in [0.4, 0.5) is 0 Å². The molecule has 0 aromatic heterocycles. The van der Waals surface area contributed by atoms with Gasteiger partial charge in [-0.25, -0.2) is 0 Å². The maximum Gasteiger partial charge on any atom is 0.124 e. The second-order valence-electron chi connectivity index (χ2n) is 5.37. The molecule has 1 aliphatic rings. The van der Waals surface area contributed by atoms with Crippen LogP contribution in [-0.4, -0.2) is 20.8 Å². The molecule has 94 valence electrons. The van der Waals surface area contributed by atoms with Gasteiger partial charge in [-0.05, 0) is 30.0 Å². The van der Waals surface area contributed by atoms with Gasteiger partial charge in [-0.15, -0.1) is 0 Å². The molecule has 1 saturated heterocycles. The van der Waals surface area contributed by atoms with Gasteiger partial charge in [0.1, 0.15) is 11.5 Å². The topological polar surface area (TPSA) is 30.5 Å². The quantitative estimate of drug-likeness (QED) is 0.873. The predicted octanol–water partition coefficient (Wildman–Crippen LogP) is 2.68. The Kier molecular flexibility index (Phi) is 3.04. The second kappa shape index (κ2) is 4.22. The van der Waals surface area contributed by atoms with Crippen LogP contribution in [0, 0.1) is 12.3 Å². The van der Waals surface area contributed by atoms with Crippen molar-refractivity contribution in [1.29, 1.82) is 0 Å². The van der Waals surface area contributed by atoms with Gasteiger partial charge in [0.15, 0.2) is 0 Å². The number of aryl methyl sites for hydroxylation is 1. The van der Waals surface area contributed by atoms with Gasteiger partial charge < -0.3 is 14.8 Å². The van der Waals surface area contributed by atoms with E-state index in [0.717, 1.165) is 23.6 Å². The number of hydrogen-bond acceptors (Lipinski definition) is 3. The van der Waals surface area contributed by atoms with Crippen LogP contribution in [0.15, 0.2) is 12.1 Å². The first-order valence-corrected chi connectivity index (χ1v) is 5.95. The van der Waals surface area contributed by atoms with Crippen molar-refractivity contribution in [3.8, 4) is 11.5 Å². The summed E-state index contributed by atoms with van der Waals surface area (Å²) in [6.07, 6.45) is 0. The third kappa shape index (κ3) is 2.00. The maximum atomic E-state index is 5.48. The number of hydrogen-bond donors (Lipinski definition) is 1. The van der Waals surface area contributed by atoms with Crippen molar-refractivity contribution in [1.82, 2.24) is 5.32 Å². The van der Waals surface area contributed by atoms with Gasteiger partial charge in [0, 0.05) is 18.2 Å². The summed E-state index contributed by atoms with van der Waals surface area (Å²) in [6, 6.07) is 4.48. The molecule has 0 bridgehead atoms.